The van der Waals surface area contributed by atoms with Crippen LogP contribution in [0, 0.1) is 11.8 Å². The lowest BCUT2D eigenvalue weighted by molar-refractivity contribution is -0.128. The maximum absolute atomic E-state index is 11.3. The Hall–Kier alpha value is -6.72. The van der Waals surface area contributed by atoms with E-state index in [-0.39, 0.29) is 53.5 Å². The predicted octanol–water partition coefficient (Wildman–Crippen LogP) is 8.59. The number of rotatable bonds is 16. The van der Waals surface area contributed by atoms with Gasteiger partial charge in [0.25, 0.3) is 0 Å². The molecule has 0 radical (unpaired) electrons. The Labute approximate surface area is 439 Å². The summed E-state index contributed by atoms with van der Waals surface area (Å²) in [7, 11) is 3.37. The van der Waals surface area contributed by atoms with E-state index in [0.29, 0.717) is 44.6 Å². The lowest BCUT2D eigenvalue weighted by atomic mass is 10.1. The minimum absolute atomic E-state index is 0.0139. The van der Waals surface area contributed by atoms with Gasteiger partial charge in [0.1, 0.15) is 6.61 Å². The number of amides is 8. The highest BCUT2D eigenvalue weighted by Crippen LogP contribution is 2.18. The third-order valence-corrected chi connectivity index (χ3v) is 11.2. The standard InChI is InChI=1S/C11H21NO.3C7H11NO.C7H13NO.C6H9NO2.C5H7NO2.C5H9NO/c1-4-7-9-12(10-8-5-2)11(13)6-3;1-3-8-5-6(2)4-7(8)9;1-3-8-5-4-6(2)7(8)9;1-3-8-6(2)4-5-7(8)9;1-4-7(9)8(5-2)6-3;1-2-7-4-3-5-9-6(7)8;1-2-6-3-4-8-5(6)7;1-4-5(7)6(2)3/h6H,3-5,7-10H2,1-2H3;3*3,6H,1,4-5H2,2H3;4H,1,5-6H2,2-3H3;2H,1,3-5H2;2H,1,3-4H2;4H,1H2,2-3H3. The summed E-state index contributed by atoms with van der Waals surface area (Å²) in [6.45, 7) is 49.3. The maximum Gasteiger partial charge on any atom is 0.413 e. The summed E-state index contributed by atoms with van der Waals surface area (Å²) < 4.78 is 9.27. The van der Waals surface area contributed by atoms with Crippen LogP contribution in [0.25, 0.3) is 0 Å². The molecule has 412 valence electrons. The van der Waals surface area contributed by atoms with Crippen LogP contribution in [-0.2, 0) is 38.2 Å². The van der Waals surface area contributed by atoms with Gasteiger partial charge in [0.15, 0.2) is 0 Å². The second kappa shape index (κ2) is 42.9. The number of hydrogen-bond donors (Lipinski definition) is 0. The fourth-order valence-corrected chi connectivity index (χ4v) is 6.56. The molecule has 0 aromatic carbocycles. The molecule has 3 atom stereocenters. The van der Waals surface area contributed by atoms with Gasteiger partial charge >= 0.3 is 12.2 Å². The van der Waals surface area contributed by atoms with Crippen molar-refractivity contribution in [3.05, 3.63) is 102 Å². The summed E-state index contributed by atoms with van der Waals surface area (Å²) in [5.41, 5.74) is 0. The molecule has 8 amide bonds. The predicted molar refractivity (Wildman–Crippen MR) is 292 cm³/mol. The van der Waals surface area contributed by atoms with E-state index in [0.717, 1.165) is 90.8 Å². The highest BCUT2D eigenvalue weighted by atomic mass is 16.6. The number of unbranched alkanes of at least 4 members (excludes halogenated alkanes) is 2. The summed E-state index contributed by atoms with van der Waals surface area (Å²) in [5.74, 6) is 1.38. The van der Waals surface area contributed by atoms with Crippen LogP contribution in [-0.4, -0.2) is 173 Å². The smallest absolute Gasteiger partial charge is 0.413 e. The molecule has 0 saturated carbocycles. The Kier molecular flexibility index (Phi) is 41.5. The summed E-state index contributed by atoms with van der Waals surface area (Å²) in [6.07, 6.45) is 19.9. The van der Waals surface area contributed by atoms with E-state index in [9.17, 15) is 38.4 Å². The molecular weight excluding hydrogens is 933 g/mol. The minimum atomic E-state index is -0.292. The first-order chi connectivity index (χ1) is 34.6. The van der Waals surface area contributed by atoms with Crippen LogP contribution in [0.5, 0.6) is 0 Å². The molecule has 18 heteroatoms. The van der Waals surface area contributed by atoms with Crippen LogP contribution in [0.15, 0.2) is 102 Å². The van der Waals surface area contributed by atoms with Crippen molar-refractivity contribution in [2.24, 2.45) is 11.8 Å². The molecule has 3 unspecified atom stereocenters. The number of carbonyl (C=O) groups excluding carboxylic acids is 8. The second-order valence-corrected chi connectivity index (χ2v) is 17.0. The van der Waals surface area contributed by atoms with Crippen molar-refractivity contribution in [1.82, 2.24) is 39.2 Å². The molecule has 0 aliphatic carbocycles. The molecule has 5 fully saturated rings. The highest BCUT2D eigenvalue weighted by Gasteiger charge is 2.26. The van der Waals surface area contributed by atoms with Crippen molar-refractivity contribution in [3.63, 3.8) is 0 Å². The first-order valence-electron chi connectivity index (χ1n) is 25.2. The van der Waals surface area contributed by atoms with Crippen LogP contribution < -0.4 is 0 Å². The molecule has 0 N–H and O–H groups in total. The number of hydrogen-bond acceptors (Lipinski definition) is 10. The normalized spacial score (nSPS) is 17.9. The average molecular weight is 1030 g/mol. The van der Waals surface area contributed by atoms with Gasteiger partial charge in [-0.15, -0.1) is 0 Å². The number of likely N-dealkylation sites (tertiary alicyclic amines) is 3. The summed E-state index contributed by atoms with van der Waals surface area (Å²) in [4.78, 5) is 99.3. The Morgan fingerprint density at radius 1 is 0.589 bits per heavy atom. The van der Waals surface area contributed by atoms with Gasteiger partial charge in [-0.2, -0.15) is 0 Å². The van der Waals surface area contributed by atoms with Gasteiger partial charge in [-0.3, -0.25) is 38.6 Å². The molecule has 0 bridgehead atoms. The SMILES string of the molecule is C=CC(=O)N(C)C.C=CC(=O)N(CC)CC.C=CC(=O)N(CCCC)CCCC.C=CN1C(=O)CCC1C.C=CN1CC(C)CC1=O.C=CN1CCC(C)C1=O.C=CN1CCCOC1=O.C=CN1CCOC1=O. The third kappa shape index (κ3) is 30.7. The number of ether oxygens (including phenoxy) is 2. The van der Waals surface area contributed by atoms with Crippen LogP contribution in [0.4, 0.5) is 9.59 Å². The van der Waals surface area contributed by atoms with Gasteiger partial charge in [-0.25, -0.2) is 9.59 Å². The van der Waals surface area contributed by atoms with Crippen LogP contribution in [0.2, 0.25) is 0 Å². The first kappa shape index (κ1) is 70.5. The number of nitrogens with zero attached hydrogens (tertiary/aromatic N) is 8. The van der Waals surface area contributed by atoms with Crippen molar-refractivity contribution in [3.8, 4) is 0 Å². The van der Waals surface area contributed by atoms with E-state index in [1.165, 1.54) is 45.3 Å². The maximum atomic E-state index is 11.3. The molecule has 18 nitrogen and oxygen atoms in total. The van der Waals surface area contributed by atoms with Crippen molar-refractivity contribution in [1.29, 1.82) is 0 Å². The van der Waals surface area contributed by atoms with Crippen molar-refractivity contribution >= 4 is 47.6 Å². The fraction of sp³-hybridized carbons (Fsp3) is 0.564. The number of cyclic esters (lactones) is 2. The molecule has 0 spiro atoms. The minimum Gasteiger partial charge on any atom is -0.449 e. The van der Waals surface area contributed by atoms with E-state index < -0.39 is 0 Å². The number of likely N-dealkylation sites (N-methyl/N-ethyl adjacent to an activating group) is 2. The molecular formula is C55H92N8O10. The van der Waals surface area contributed by atoms with E-state index >= 15 is 0 Å². The molecule has 5 heterocycles. The van der Waals surface area contributed by atoms with Crippen LogP contribution >= 0.6 is 0 Å². The Bertz CT molecular complexity index is 1740. The summed E-state index contributed by atoms with van der Waals surface area (Å²) in [5, 5.41) is 0. The van der Waals surface area contributed by atoms with E-state index in [2.05, 4.69) is 78.1 Å². The van der Waals surface area contributed by atoms with E-state index in [4.69, 9.17) is 4.74 Å². The lowest BCUT2D eigenvalue weighted by Gasteiger charge is -2.21. The van der Waals surface area contributed by atoms with Gasteiger partial charge in [0, 0.05) is 97.1 Å². The molecule has 5 aliphatic heterocycles. The Balaban J connectivity index is -0.000000771. The molecule has 0 aromatic rings. The topological polar surface area (TPSA) is 181 Å². The van der Waals surface area contributed by atoms with Gasteiger partial charge in [0.2, 0.25) is 35.4 Å². The van der Waals surface area contributed by atoms with Crippen molar-refractivity contribution < 1.29 is 47.8 Å². The average Bonchev–Trinajstić information content (AvgIpc) is 4.16. The zero-order valence-electron chi connectivity index (χ0n) is 46.1. The van der Waals surface area contributed by atoms with Crippen molar-refractivity contribution in [2.45, 2.75) is 112 Å². The highest BCUT2D eigenvalue weighted by molar-refractivity contribution is 5.87. The lowest BCUT2D eigenvalue weighted by Crippen LogP contribution is -2.33. The van der Waals surface area contributed by atoms with E-state index in [1.54, 1.807) is 52.3 Å². The summed E-state index contributed by atoms with van der Waals surface area (Å²) in [6, 6.07) is 0.370. The third-order valence-electron chi connectivity index (χ3n) is 11.2. The van der Waals surface area contributed by atoms with Crippen LogP contribution in [0.1, 0.15) is 106 Å². The zero-order chi connectivity index (χ0) is 56.5. The quantitative estimate of drug-likeness (QED) is 0.136. The second-order valence-electron chi connectivity index (χ2n) is 17.0. The van der Waals surface area contributed by atoms with Gasteiger partial charge in [-0.1, -0.05) is 93.2 Å². The summed E-state index contributed by atoms with van der Waals surface area (Å²) >= 11 is 0. The fourth-order valence-electron chi connectivity index (χ4n) is 6.56. The van der Waals surface area contributed by atoms with Crippen molar-refractivity contribution in [2.75, 3.05) is 79.7 Å². The first-order valence-corrected chi connectivity index (χ1v) is 25.2. The molecule has 5 rings (SSSR count). The molecule has 5 aliphatic rings. The monoisotopic (exact) mass is 1020 g/mol. The molecule has 5 saturated heterocycles. The van der Waals surface area contributed by atoms with Crippen LogP contribution in [0.3, 0.4) is 0 Å². The zero-order valence-corrected chi connectivity index (χ0v) is 46.1. The molecule has 73 heavy (non-hydrogen) atoms. The van der Waals surface area contributed by atoms with Gasteiger partial charge in [0.05, 0.1) is 13.2 Å². The van der Waals surface area contributed by atoms with Gasteiger partial charge in [-0.05, 0) is 95.6 Å². The Morgan fingerprint density at radius 3 is 1.30 bits per heavy atom. The Morgan fingerprint density at radius 2 is 1.07 bits per heavy atom. The number of carbonyl (C=O) groups is 8. The van der Waals surface area contributed by atoms with Gasteiger partial charge < -0.3 is 38.9 Å². The molecule has 0 aromatic heterocycles. The largest absolute Gasteiger partial charge is 0.449 e. The van der Waals surface area contributed by atoms with E-state index in [1.807, 2.05) is 32.6 Å².